The molecule has 0 aliphatic carbocycles. The van der Waals surface area contributed by atoms with Gasteiger partial charge in [-0.05, 0) is 35.2 Å². The van der Waals surface area contributed by atoms with Crippen LogP contribution in [0.15, 0.2) is 48.5 Å². The second-order valence-electron chi connectivity index (χ2n) is 4.48. The molecular weight excluding hydrogens is 260 g/mol. The minimum atomic E-state index is -3.41. The second kappa shape index (κ2) is 5.55. The zero-order valence-electron chi connectivity index (χ0n) is 11.0. The lowest BCUT2D eigenvalue weighted by Crippen LogP contribution is -2.02. The van der Waals surface area contributed by atoms with Crippen LogP contribution in [0.2, 0.25) is 0 Å². The number of benzene rings is 2. The first-order valence-corrected chi connectivity index (χ1v) is 7.77. The molecule has 0 N–H and O–H groups in total. The third kappa shape index (κ3) is 3.91. The van der Waals surface area contributed by atoms with E-state index < -0.39 is 10.1 Å². The van der Waals surface area contributed by atoms with Gasteiger partial charge in [-0.15, -0.1) is 0 Å². The highest BCUT2D eigenvalue weighted by Crippen LogP contribution is 2.24. The minimum Gasteiger partial charge on any atom is -0.265 e. The van der Waals surface area contributed by atoms with E-state index in [-0.39, 0.29) is 6.61 Å². The molecule has 0 radical (unpaired) electrons. The van der Waals surface area contributed by atoms with E-state index in [2.05, 4.69) is 0 Å². The first kappa shape index (κ1) is 13.8. The highest BCUT2D eigenvalue weighted by molar-refractivity contribution is 7.85. The topological polar surface area (TPSA) is 43.4 Å². The molecule has 0 unspecified atom stereocenters. The normalized spacial score (nSPS) is 11.5. The molecule has 100 valence electrons. The van der Waals surface area contributed by atoms with Gasteiger partial charge in [0.15, 0.2) is 0 Å². The van der Waals surface area contributed by atoms with E-state index in [4.69, 9.17) is 4.18 Å². The Balaban J connectivity index is 2.30. The molecule has 2 aromatic carbocycles. The largest absolute Gasteiger partial charge is 0.265 e. The fourth-order valence-electron chi connectivity index (χ4n) is 1.86. The average molecular weight is 276 g/mol. The summed E-state index contributed by atoms with van der Waals surface area (Å²) in [6, 6.07) is 15.8. The predicted molar refractivity (Wildman–Crippen MR) is 76.2 cm³/mol. The SMILES string of the molecule is Cc1ccc(COS(C)(=O)=O)cc1-c1ccccc1. The molecule has 0 spiro atoms. The van der Waals surface area contributed by atoms with Crippen LogP contribution >= 0.6 is 0 Å². The molecule has 0 amide bonds. The van der Waals surface area contributed by atoms with Gasteiger partial charge in [0.2, 0.25) is 0 Å². The smallest absolute Gasteiger partial charge is 0.264 e. The van der Waals surface area contributed by atoms with Gasteiger partial charge in [0.25, 0.3) is 10.1 Å². The van der Waals surface area contributed by atoms with E-state index in [1.54, 1.807) is 0 Å². The van der Waals surface area contributed by atoms with Gasteiger partial charge in [-0.2, -0.15) is 8.42 Å². The summed E-state index contributed by atoms with van der Waals surface area (Å²) in [6.07, 6.45) is 1.05. The van der Waals surface area contributed by atoms with Crippen molar-refractivity contribution in [3.05, 3.63) is 59.7 Å². The Morgan fingerprint density at radius 1 is 1.05 bits per heavy atom. The molecule has 0 aliphatic heterocycles. The van der Waals surface area contributed by atoms with Gasteiger partial charge in [-0.1, -0.05) is 42.5 Å². The van der Waals surface area contributed by atoms with Gasteiger partial charge in [0.05, 0.1) is 12.9 Å². The van der Waals surface area contributed by atoms with Crippen molar-refractivity contribution in [2.45, 2.75) is 13.5 Å². The summed E-state index contributed by atoms with van der Waals surface area (Å²) in [5.74, 6) is 0. The van der Waals surface area contributed by atoms with Crippen molar-refractivity contribution in [3.63, 3.8) is 0 Å². The minimum absolute atomic E-state index is 0.0684. The molecule has 0 saturated carbocycles. The summed E-state index contributed by atoms with van der Waals surface area (Å²) in [7, 11) is -3.41. The van der Waals surface area contributed by atoms with Gasteiger partial charge in [0.1, 0.15) is 0 Å². The van der Waals surface area contributed by atoms with E-state index >= 15 is 0 Å². The summed E-state index contributed by atoms with van der Waals surface area (Å²) >= 11 is 0. The van der Waals surface area contributed by atoms with Crippen LogP contribution in [0, 0.1) is 6.92 Å². The lowest BCUT2D eigenvalue weighted by atomic mass is 9.98. The Hall–Kier alpha value is -1.65. The number of rotatable bonds is 4. The van der Waals surface area contributed by atoms with Gasteiger partial charge in [-0.25, -0.2) is 0 Å². The second-order valence-corrected chi connectivity index (χ2v) is 6.13. The maximum absolute atomic E-state index is 11.0. The molecular formula is C15H16O3S. The standard InChI is InChI=1S/C15H16O3S/c1-12-8-9-13(11-18-19(2,16)17)10-15(12)14-6-4-3-5-7-14/h3-10H,11H2,1-2H3. The molecule has 0 bridgehead atoms. The average Bonchev–Trinajstić information content (AvgIpc) is 2.38. The van der Waals surface area contributed by atoms with Crippen molar-refractivity contribution in [2.75, 3.05) is 6.26 Å². The van der Waals surface area contributed by atoms with Crippen molar-refractivity contribution >= 4 is 10.1 Å². The van der Waals surface area contributed by atoms with Crippen LogP contribution in [-0.2, 0) is 20.9 Å². The molecule has 4 heteroatoms. The van der Waals surface area contributed by atoms with Crippen LogP contribution in [0.1, 0.15) is 11.1 Å². The van der Waals surface area contributed by atoms with Crippen LogP contribution in [0.4, 0.5) is 0 Å². The molecule has 0 saturated heterocycles. The summed E-state index contributed by atoms with van der Waals surface area (Å²) in [5.41, 5.74) is 4.19. The number of hydrogen-bond donors (Lipinski definition) is 0. The highest BCUT2D eigenvalue weighted by Gasteiger charge is 2.06. The first-order chi connectivity index (χ1) is 8.96. The predicted octanol–water partition coefficient (Wildman–Crippen LogP) is 3.14. The molecule has 0 aromatic heterocycles. The number of aryl methyl sites for hydroxylation is 1. The van der Waals surface area contributed by atoms with E-state index in [1.165, 1.54) is 0 Å². The summed E-state index contributed by atoms with van der Waals surface area (Å²) < 4.78 is 26.8. The van der Waals surface area contributed by atoms with Gasteiger partial charge in [-0.3, -0.25) is 4.18 Å². The van der Waals surface area contributed by atoms with Crippen molar-refractivity contribution < 1.29 is 12.6 Å². The van der Waals surface area contributed by atoms with Crippen LogP contribution in [-0.4, -0.2) is 14.7 Å². The summed E-state index contributed by atoms with van der Waals surface area (Å²) in [5, 5.41) is 0. The Kier molecular flexibility index (Phi) is 4.02. The quantitative estimate of drug-likeness (QED) is 0.806. The molecule has 0 atom stereocenters. The highest BCUT2D eigenvalue weighted by atomic mass is 32.2. The third-order valence-corrected chi connectivity index (χ3v) is 3.37. The van der Waals surface area contributed by atoms with Crippen LogP contribution in [0.25, 0.3) is 11.1 Å². The lowest BCUT2D eigenvalue weighted by Gasteiger charge is -2.09. The maximum atomic E-state index is 11.0. The molecule has 3 nitrogen and oxygen atoms in total. The summed E-state index contributed by atoms with van der Waals surface area (Å²) in [4.78, 5) is 0. The first-order valence-electron chi connectivity index (χ1n) is 5.95. The van der Waals surface area contributed by atoms with Gasteiger partial charge in [0, 0.05) is 0 Å². The van der Waals surface area contributed by atoms with Crippen molar-refractivity contribution in [1.82, 2.24) is 0 Å². The Morgan fingerprint density at radius 3 is 2.37 bits per heavy atom. The van der Waals surface area contributed by atoms with Crippen LogP contribution < -0.4 is 0 Å². The van der Waals surface area contributed by atoms with Crippen LogP contribution in [0.3, 0.4) is 0 Å². The van der Waals surface area contributed by atoms with E-state index in [0.717, 1.165) is 28.5 Å². The summed E-state index contributed by atoms with van der Waals surface area (Å²) in [6.45, 7) is 2.10. The molecule has 0 fully saturated rings. The molecule has 2 rings (SSSR count). The zero-order chi connectivity index (χ0) is 13.9. The zero-order valence-corrected chi connectivity index (χ0v) is 11.8. The van der Waals surface area contributed by atoms with E-state index in [1.807, 2.05) is 55.5 Å². The Morgan fingerprint density at radius 2 is 1.74 bits per heavy atom. The van der Waals surface area contributed by atoms with Gasteiger partial charge >= 0.3 is 0 Å². The van der Waals surface area contributed by atoms with Crippen molar-refractivity contribution in [1.29, 1.82) is 0 Å². The molecule has 19 heavy (non-hydrogen) atoms. The van der Waals surface area contributed by atoms with Crippen molar-refractivity contribution in [3.8, 4) is 11.1 Å². The monoisotopic (exact) mass is 276 g/mol. The fourth-order valence-corrected chi connectivity index (χ4v) is 2.21. The molecule has 0 heterocycles. The Bertz CT molecular complexity index is 661. The fraction of sp³-hybridized carbons (Fsp3) is 0.200. The number of hydrogen-bond acceptors (Lipinski definition) is 3. The maximum Gasteiger partial charge on any atom is 0.264 e. The third-order valence-electron chi connectivity index (χ3n) is 2.83. The molecule has 2 aromatic rings. The molecule has 0 aliphatic rings. The van der Waals surface area contributed by atoms with Crippen molar-refractivity contribution in [2.24, 2.45) is 0 Å². The van der Waals surface area contributed by atoms with Gasteiger partial charge < -0.3 is 0 Å². The van der Waals surface area contributed by atoms with Crippen LogP contribution in [0.5, 0.6) is 0 Å². The van der Waals surface area contributed by atoms with E-state index in [9.17, 15) is 8.42 Å². The Labute approximate surface area is 114 Å². The van der Waals surface area contributed by atoms with E-state index in [0.29, 0.717) is 0 Å². The lowest BCUT2D eigenvalue weighted by molar-refractivity contribution is 0.312.